The maximum absolute atomic E-state index is 14.5. The molecule has 0 fully saturated rings. The van der Waals surface area contributed by atoms with Gasteiger partial charge in [-0.25, -0.2) is 0 Å². The summed E-state index contributed by atoms with van der Waals surface area (Å²) in [7, 11) is 1.82. The lowest BCUT2D eigenvalue weighted by Gasteiger charge is -2.51. The molecule has 0 aromatic heterocycles. The lowest BCUT2D eigenvalue weighted by atomic mass is 10.0. The van der Waals surface area contributed by atoms with E-state index < -0.39 is 35.3 Å². The molecule has 0 spiro atoms. The number of ether oxygens (including phenoxy) is 3. The molecule has 1 rings (SSSR count). The smallest absolute Gasteiger partial charge is 0.425 e. The number of hydrogen-bond acceptors (Lipinski definition) is 4. The normalized spacial score (nSPS) is 15.5. The van der Waals surface area contributed by atoms with Gasteiger partial charge in [0.2, 0.25) is 5.34 Å². The monoisotopic (exact) mass is 410 g/mol. The van der Waals surface area contributed by atoms with E-state index >= 15 is 0 Å². The number of methoxy groups -OCH3 is 3. The van der Waals surface area contributed by atoms with E-state index in [2.05, 4.69) is 0 Å². The molecule has 0 aliphatic carbocycles. The summed E-state index contributed by atoms with van der Waals surface area (Å²) in [6.07, 6.45) is -4.95. The summed E-state index contributed by atoms with van der Waals surface area (Å²) in [5.41, 5.74) is -0.420. The highest BCUT2D eigenvalue weighted by Crippen LogP contribution is 2.75. The van der Waals surface area contributed by atoms with Crippen molar-refractivity contribution in [3.63, 3.8) is 0 Å². The van der Waals surface area contributed by atoms with Crippen molar-refractivity contribution in [2.45, 2.75) is 63.4 Å². The third-order valence-corrected chi connectivity index (χ3v) is 7.93. The Kier molecular flexibility index (Phi) is 6.77. The van der Waals surface area contributed by atoms with Crippen molar-refractivity contribution in [3.05, 3.63) is 17.7 Å². The second-order valence-corrected chi connectivity index (χ2v) is 12.3. The highest BCUT2D eigenvalue weighted by molar-refractivity contribution is 7.61. The van der Waals surface area contributed by atoms with Crippen LogP contribution >= 0.6 is 7.92 Å². The van der Waals surface area contributed by atoms with Crippen molar-refractivity contribution in [2.24, 2.45) is 0 Å². The Balaban J connectivity index is 4.07. The molecule has 1 N–H and O–H groups in total. The Labute approximate surface area is 160 Å². The van der Waals surface area contributed by atoms with Crippen LogP contribution in [0.25, 0.3) is 0 Å². The molecule has 0 heterocycles. The van der Waals surface area contributed by atoms with Gasteiger partial charge < -0.3 is 19.3 Å². The average molecular weight is 410 g/mol. The molecule has 1 unspecified atom stereocenters. The largest absolute Gasteiger partial charge is 0.496 e. The van der Waals surface area contributed by atoms with Crippen LogP contribution in [0.5, 0.6) is 17.2 Å². The van der Waals surface area contributed by atoms with Gasteiger partial charge in [0.15, 0.2) is 0 Å². The molecule has 0 saturated carbocycles. The van der Waals surface area contributed by atoms with E-state index in [1.807, 2.05) is 0 Å². The lowest BCUT2D eigenvalue weighted by molar-refractivity contribution is -0.229. The summed E-state index contributed by atoms with van der Waals surface area (Å²) in [6.45, 7) is 10.3. The second kappa shape index (κ2) is 7.67. The van der Waals surface area contributed by atoms with Gasteiger partial charge in [-0.05, 0) is 18.2 Å². The van der Waals surface area contributed by atoms with Gasteiger partial charge in [-0.3, -0.25) is 0 Å². The van der Waals surface area contributed by atoms with Crippen LogP contribution in [0.2, 0.25) is 0 Å². The highest BCUT2D eigenvalue weighted by atomic mass is 31.1. The van der Waals surface area contributed by atoms with Crippen molar-refractivity contribution < 1.29 is 32.5 Å². The quantitative estimate of drug-likeness (QED) is 0.652. The SMILES string of the molecule is COc1cc(OC)c(C(O)(P(C(C)(C)C)C(C)(C)C)C(F)(F)F)c(OC)c1. The summed E-state index contributed by atoms with van der Waals surface area (Å²) in [4.78, 5) is 0. The minimum Gasteiger partial charge on any atom is -0.496 e. The molecule has 156 valence electrons. The summed E-state index contributed by atoms with van der Waals surface area (Å²) in [6, 6.07) is 2.65. The Morgan fingerprint density at radius 3 is 1.37 bits per heavy atom. The Hall–Kier alpha value is -1.20. The van der Waals surface area contributed by atoms with Gasteiger partial charge in [-0.1, -0.05) is 41.5 Å². The Morgan fingerprint density at radius 1 is 0.778 bits per heavy atom. The third kappa shape index (κ3) is 4.45. The fourth-order valence-corrected chi connectivity index (χ4v) is 8.36. The van der Waals surface area contributed by atoms with Crippen LogP contribution < -0.4 is 14.2 Å². The minimum atomic E-state index is -4.95. The number of benzene rings is 1. The fourth-order valence-electron chi connectivity index (χ4n) is 3.71. The van der Waals surface area contributed by atoms with Crippen molar-refractivity contribution in [1.82, 2.24) is 0 Å². The van der Waals surface area contributed by atoms with Crippen molar-refractivity contribution in [1.29, 1.82) is 0 Å². The summed E-state index contributed by atoms with van der Waals surface area (Å²) < 4.78 is 59.2. The van der Waals surface area contributed by atoms with Gasteiger partial charge in [-0.15, -0.1) is 0 Å². The van der Waals surface area contributed by atoms with Crippen LogP contribution in [0.3, 0.4) is 0 Å². The first kappa shape index (κ1) is 23.8. The summed E-state index contributed by atoms with van der Waals surface area (Å²) >= 11 is 0. The third-order valence-electron chi connectivity index (χ3n) is 4.12. The molecule has 1 aromatic carbocycles. The van der Waals surface area contributed by atoms with Gasteiger partial charge in [-0.2, -0.15) is 13.2 Å². The average Bonchev–Trinajstić information content (AvgIpc) is 2.49. The first-order valence-electron chi connectivity index (χ1n) is 8.45. The minimum absolute atomic E-state index is 0.132. The molecule has 4 nitrogen and oxygen atoms in total. The molecular weight excluding hydrogens is 380 g/mol. The fraction of sp³-hybridized carbons (Fsp3) is 0.684. The van der Waals surface area contributed by atoms with Crippen LogP contribution in [0.1, 0.15) is 47.1 Å². The maximum Gasteiger partial charge on any atom is 0.425 e. The van der Waals surface area contributed by atoms with E-state index in [-0.39, 0.29) is 17.2 Å². The lowest BCUT2D eigenvalue weighted by Crippen LogP contribution is -2.48. The molecule has 0 aliphatic heterocycles. The number of halogens is 3. The van der Waals surface area contributed by atoms with Crippen LogP contribution in [0, 0.1) is 0 Å². The van der Waals surface area contributed by atoms with Crippen molar-refractivity contribution in [3.8, 4) is 17.2 Å². The zero-order valence-corrected chi connectivity index (χ0v) is 18.3. The van der Waals surface area contributed by atoms with Gasteiger partial charge in [0.1, 0.15) is 17.2 Å². The molecule has 0 radical (unpaired) electrons. The van der Waals surface area contributed by atoms with E-state index in [0.29, 0.717) is 0 Å². The highest BCUT2D eigenvalue weighted by Gasteiger charge is 2.66. The molecule has 0 amide bonds. The molecule has 8 heteroatoms. The predicted molar refractivity (Wildman–Crippen MR) is 102 cm³/mol. The maximum atomic E-state index is 14.5. The van der Waals surface area contributed by atoms with Crippen LogP contribution in [0.4, 0.5) is 13.2 Å². The van der Waals surface area contributed by atoms with Crippen LogP contribution in [-0.4, -0.2) is 42.9 Å². The second-order valence-electron chi connectivity index (χ2n) is 8.25. The molecular formula is C19H30F3O4P. The summed E-state index contributed by atoms with van der Waals surface area (Å²) in [5, 5.41) is 6.64. The molecule has 0 saturated heterocycles. The van der Waals surface area contributed by atoms with Crippen molar-refractivity contribution >= 4 is 7.92 Å². The zero-order valence-electron chi connectivity index (χ0n) is 17.4. The van der Waals surface area contributed by atoms with Gasteiger partial charge >= 0.3 is 6.18 Å². The van der Waals surface area contributed by atoms with Crippen LogP contribution in [-0.2, 0) is 5.34 Å². The predicted octanol–water partition coefficient (Wildman–Crippen LogP) is 5.50. The Morgan fingerprint density at radius 2 is 1.15 bits per heavy atom. The Bertz CT molecular complexity index is 623. The van der Waals surface area contributed by atoms with E-state index in [0.717, 1.165) is 0 Å². The first-order valence-corrected chi connectivity index (χ1v) is 9.79. The van der Waals surface area contributed by atoms with Crippen LogP contribution in [0.15, 0.2) is 12.1 Å². The standard InChI is InChI=1S/C19H30F3O4P/c1-16(2,3)27(17(4,5)6)18(23,19(20,21)22)15-13(25-8)10-12(24-7)11-14(15)26-9/h10-11,23H,1-9H3. The topological polar surface area (TPSA) is 47.9 Å². The van der Waals surface area contributed by atoms with Gasteiger partial charge in [0, 0.05) is 12.1 Å². The van der Waals surface area contributed by atoms with Gasteiger partial charge in [0.05, 0.1) is 26.9 Å². The van der Waals surface area contributed by atoms with Gasteiger partial charge in [0.25, 0.3) is 0 Å². The number of hydrogen-bond donors (Lipinski definition) is 1. The number of aliphatic hydroxyl groups is 1. The summed E-state index contributed by atoms with van der Waals surface area (Å²) in [5.74, 6) is 0.00636. The number of alkyl halides is 3. The van der Waals surface area contributed by atoms with E-state index in [1.54, 1.807) is 41.5 Å². The molecule has 1 aromatic rings. The molecule has 0 aliphatic rings. The first-order chi connectivity index (χ1) is 12.1. The molecule has 27 heavy (non-hydrogen) atoms. The molecule has 1 atom stereocenters. The number of rotatable bonds is 5. The zero-order chi connectivity index (χ0) is 21.4. The van der Waals surface area contributed by atoms with Crippen molar-refractivity contribution in [2.75, 3.05) is 21.3 Å². The van der Waals surface area contributed by atoms with E-state index in [4.69, 9.17) is 14.2 Å². The molecule has 0 bridgehead atoms. The van der Waals surface area contributed by atoms with E-state index in [1.165, 1.54) is 33.5 Å². The van der Waals surface area contributed by atoms with E-state index in [9.17, 15) is 18.3 Å².